The molecule has 1 fully saturated rings. The Morgan fingerprint density at radius 3 is 2.12 bits per heavy atom. The summed E-state index contributed by atoms with van der Waals surface area (Å²) in [4.78, 5) is 64.9. The van der Waals surface area contributed by atoms with Gasteiger partial charge in [0.05, 0.1) is 84.3 Å². The number of hydrogen-bond donors (Lipinski definition) is 5. The van der Waals surface area contributed by atoms with Crippen molar-refractivity contribution in [2.45, 2.75) is 108 Å². The van der Waals surface area contributed by atoms with Crippen LogP contribution < -0.4 is 31.3 Å². The second-order valence-corrected chi connectivity index (χ2v) is 24.0. The lowest BCUT2D eigenvalue weighted by Crippen LogP contribution is -2.59. The fourth-order valence-corrected chi connectivity index (χ4v) is 10.3. The molecule has 0 radical (unpaired) electrons. The van der Waals surface area contributed by atoms with Gasteiger partial charge in [-0.1, -0.05) is 58.0 Å². The zero-order valence-electron chi connectivity index (χ0n) is 44.5. The van der Waals surface area contributed by atoms with Gasteiger partial charge in [-0.2, -0.15) is 0 Å². The molecule has 5 N–H and O–H groups in total. The number of carbonyl (C=O) groups is 4. The van der Waals surface area contributed by atoms with Gasteiger partial charge < -0.3 is 55.2 Å². The van der Waals surface area contributed by atoms with E-state index >= 15 is 0 Å². The number of ether oxygens (including phenoxy) is 5. The van der Waals surface area contributed by atoms with E-state index in [-0.39, 0.29) is 94.3 Å². The van der Waals surface area contributed by atoms with Crippen LogP contribution in [0, 0.1) is 5.41 Å². The standard InChI is InChI=1S/C54H74N8O11S2/c1-10-40(36-14-12-11-13-15-36)60-51(65)44-29-38(32-62(44)52(66)49(53(3,4)5)61-50(64)35(2)55-9)59-48(63)33-72-25-24-70-21-20-69-22-23-71-26-27-73-45-31-42-39(30-47(45)75(67,68)54(6,7)8)41(18-19-56-42)58-37-16-17-46-43(28-37)57-34-74-46/h11-19,28,30-31,34-35,38,40,44,49,55H,10,20-27,29,32-33H2,1-9H3,(H,56,58)(H,59,63)(H,60,65)(H,61,64)/t35-,38-,40+,44-,49+/m0/s1. The summed E-state index contributed by atoms with van der Waals surface area (Å²) in [6.07, 6.45) is 2.46. The second-order valence-electron chi connectivity index (χ2n) is 20.4. The first-order valence-corrected chi connectivity index (χ1v) is 27.7. The number of hydrogen-bond acceptors (Lipinski definition) is 16. The van der Waals surface area contributed by atoms with Crippen molar-refractivity contribution in [1.82, 2.24) is 36.1 Å². The Labute approximate surface area is 444 Å². The number of fused-ring (bicyclic) bond motifs is 2. The Balaban J connectivity index is 0.904. The van der Waals surface area contributed by atoms with E-state index in [9.17, 15) is 27.6 Å². The van der Waals surface area contributed by atoms with Crippen LogP contribution in [0.1, 0.15) is 79.8 Å². The van der Waals surface area contributed by atoms with Crippen LogP contribution in [0.2, 0.25) is 0 Å². The number of likely N-dealkylation sites (tertiary alicyclic amines) is 1. The summed E-state index contributed by atoms with van der Waals surface area (Å²) >= 11 is 1.56. The number of benzene rings is 3. The van der Waals surface area contributed by atoms with Crippen molar-refractivity contribution < 1.29 is 51.3 Å². The zero-order valence-corrected chi connectivity index (χ0v) is 46.2. The number of rotatable bonds is 27. The average molecular weight is 1080 g/mol. The molecule has 0 saturated carbocycles. The fourth-order valence-electron chi connectivity index (χ4n) is 8.33. The molecule has 21 heteroatoms. The molecule has 75 heavy (non-hydrogen) atoms. The van der Waals surface area contributed by atoms with Gasteiger partial charge in [0.15, 0.2) is 9.84 Å². The maximum Gasteiger partial charge on any atom is 0.246 e. The van der Waals surface area contributed by atoms with Crippen LogP contribution in [-0.2, 0) is 48.0 Å². The molecule has 5 atom stereocenters. The normalized spacial score (nSPS) is 16.4. The predicted molar refractivity (Wildman–Crippen MR) is 290 cm³/mol. The van der Waals surface area contributed by atoms with Gasteiger partial charge in [0.25, 0.3) is 0 Å². The molecule has 1 aliphatic heterocycles. The van der Waals surface area contributed by atoms with Crippen LogP contribution in [0.4, 0.5) is 11.4 Å². The van der Waals surface area contributed by atoms with Gasteiger partial charge in [-0.3, -0.25) is 24.2 Å². The summed E-state index contributed by atoms with van der Waals surface area (Å²) in [5, 5.41) is 15.9. The number of nitrogens with one attached hydrogen (secondary N) is 5. The van der Waals surface area contributed by atoms with Crippen molar-refractivity contribution in [3.05, 3.63) is 84.0 Å². The number of amides is 4. The largest absolute Gasteiger partial charge is 0.490 e. The van der Waals surface area contributed by atoms with Gasteiger partial charge in [0, 0.05) is 41.6 Å². The van der Waals surface area contributed by atoms with Gasteiger partial charge in [-0.05, 0) is 88.9 Å². The minimum absolute atomic E-state index is 0.0612. The minimum Gasteiger partial charge on any atom is -0.490 e. The average Bonchev–Trinajstić information content (AvgIpc) is 4.03. The lowest BCUT2D eigenvalue weighted by atomic mass is 9.85. The van der Waals surface area contributed by atoms with Gasteiger partial charge in [-0.25, -0.2) is 13.4 Å². The molecule has 3 heterocycles. The van der Waals surface area contributed by atoms with E-state index in [1.54, 1.807) is 76.0 Å². The molecule has 19 nitrogen and oxygen atoms in total. The Kier molecular flexibility index (Phi) is 20.9. The lowest BCUT2D eigenvalue weighted by molar-refractivity contribution is -0.144. The maximum atomic E-state index is 14.3. The number of pyridine rings is 1. The van der Waals surface area contributed by atoms with Crippen LogP contribution in [0.15, 0.2) is 83.3 Å². The molecule has 4 amide bonds. The number of anilines is 2. The number of aromatic nitrogens is 2. The minimum atomic E-state index is -3.84. The highest BCUT2D eigenvalue weighted by Gasteiger charge is 2.46. The molecule has 6 rings (SSSR count). The third-order valence-corrected chi connectivity index (χ3v) is 16.1. The molecular weight excluding hydrogens is 1000 g/mol. The third-order valence-electron chi connectivity index (χ3n) is 12.8. The maximum absolute atomic E-state index is 14.3. The summed E-state index contributed by atoms with van der Waals surface area (Å²) in [5.74, 6) is -1.32. The van der Waals surface area contributed by atoms with E-state index in [2.05, 4.69) is 36.6 Å². The summed E-state index contributed by atoms with van der Waals surface area (Å²) in [6.45, 7) is 15.7. The highest BCUT2D eigenvalue weighted by Crippen LogP contribution is 2.38. The van der Waals surface area contributed by atoms with E-state index in [0.717, 1.165) is 21.5 Å². The van der Waals surface area contributed by atoms with Crippen molar-refractivity contribution >= 4 is 77.3 Å². The number of thiazole rings is 1. The number of sulfone groups is 1. The van der Waals surface area contributed by atoms with Crippen LogP contribution in [0.3, 0.4) is 0 Å². The second kappa shape index (κ2) is 26.8. The van der Waals surface area contributed by atoms with Crippen LogP contribution >= 0.6 is 11.3 Å². The number of nitrogens with zero attached hydrogens (tertiary/aromatic N) is 3. The number of likely N-dealkylation sites (N-methyl/N-ethyl adjacent to an activating group) is 1. The summed E-state index contributed by atoms with van der Waals surface area (Å²) in [6, 6.07) is 17.3. The van der Waals surface area contributed by atoms with Gasteiger partial charge >= 0.3 is 0 Å². The van der Waals surface area contributed by atoms with E-state index in [1.807, 2.05) is 76.2 Å². The molecular formula is C54H74N8O11S2. The molecule has 5 aromatic rings. The molecule has 0 unspecified atom stereocenters. The van der Waals surface area contributed by atoms with E-state index in [4.69, 9.17) is 23.7 Å². The molecule has 1 aliphatic rings. The SMILES string of the molecule is CC[C@@H](NC(=O)[C@@H]1C[C@H](NC(=O)COCCOCCOCCOCCOc2cc3nccc(Nc4ccc5scnc5c4)c3cc2S(=O)(=O)C(C)(C)C)CN1C(=O)[C@@H](NC(=O)[C@H](C)NC)C(C)(C)C)c1ccccc1. The molecule has 3 aromatic carbocycles. The van der Waals surface area contributed by atoms with Gasteiger partial charge in [0.2, 0.25) is 23.6 Å². The van der Waals surface area contributed by atoms with Crippen LogP contribution in [0.25, 0.3) is 21.1 Å². The predicted octanol–water partition coefficient (Wildman–Crippen LogP) is 6.10. The third kappa shape index (κ3) is 15.9. The molecule has 0 spiro atoms. The molecule has 408 valence electrons. The van der Waals surface area contributed by atoms with E-state index in [1.165, 1.54) is 4.90 Å². The summed E-state index contributed by atoms with van der Waals surface area (Å²) in [7, 11) is -2.18. The van der Waals surface area contributed by atoms with Crippen molar-refractivity contribution in [2.24, 2.45) is 5.41 Å². The van der Waals surface area contributed by atoms with Crippen LogP contribution in [0.5, 0.6) is 5.75 Å². The van der Waals surface area contributed by atoms with Gasteiger partial charge in [0.1, 0.15) is 35.9 Å². The first-order valence-electron chi connectivity index (χ1n) is 25.4. The van der Waals surface area contributed by atoms with Crippen molar-refractivity contribution in [3.8, 4) is 5.75 Å². The van der Waals surface area contributed by atoms with Gasteiger partial charge in [-0.15, -0.1) is 11.3 Å². The quantitative estimate of drug-likeness (QED) is 0.0374. The fraction of sp³-hybridized carbons (Fsp3) is 0.519. The topological polar surface area (TPSA) is 238 Å². The molecule has 1 saturated heterocycles. The Morgan fingerprint density at radius 2 is 1.48 bits per heavy atom. The molecule has 0 aliphatic carbocycles. The zero-order chi connectivity index (χ0) is 54.3. The van der Waals surface area contributed by atoms with E-state index in [0.29, 0.717) is 29.6 Å². The first kappa shape index (κ1) is 58.5. The first-order chi connectivity index (χ1) is 35.7. The monoisotopic (exact) mass is 1070 g/mol. The Morgan fingerprint density at radius 1 is 0.813 bits per heavy atom. The molecule has 2 aromatic heterocycles. The highest BCUT2D eigenvalue weighted by atomic mass is 32.2. The lowest BCUT2D eigenvalue weighted by Gasteiger charge is -2.36. The van der Waals surface area contributed by atoms with Crippen molar-refractivity contribution in [3.63, 3.8) is 0 Å². The van der Waals surface area contributed by atoms with Crippen molar-refractivity contribution in [1.29, 1.82) is 0 Å². The summed E-state index contributed by atoms with van der Waals surface area (Å²) in [5.41, 5.74) is 4.97. The Hall–Kier alpha value is -5.81. The highest BCUT2D eigenvalue weighted by molar-refractivity contribution is 7.92. The summed E-state index contributed by atoms with van der Waals surface area (Å²) < 4.78 is 56.3. The Bertz CT molecular complexity index is 2820. The van der Waals surface area contributed by atoms with E-state index < -0.39 is 56.0 Å². The smallest absolute Gasteiger partial charge is 0.246 e. The van der Waals surface area contributed by atoms with Crippen LogP contribution in [-0.4, -0.2) is 149 Å². The number of carbonyl (C=O) groups excluding carboxylic acids is 4. The molecule has 0 bridgehead atoms. The van der Waals surface area contributed by atoms with Crippen molar-refractivity contribution in [2.75, 3.05) is 78.4 Å².